The Morgan fingerprint density at radius 1 is 1.50 bits per heavy atom. The summed E-state index contributed by atoms with van der Waals surface area (Å²) in [5.41, 5.74) is 1.54. The fourth-order valence-electron chi connectivity index (χ4n) is 1.16. The quantitative estimate of drug-likeness (QED) is 0.837. The molecule has 0 aliphatic heterocycles. The molecule has 0 bridgehead atoms. The maximum Gasteiger partial charge on any atom is 0.325 e. The molecule has 7 heteroatoms. The highest BCUT2D eigenvalue weighted by molar-refractivity contribution is 7.13. The zero-order valence-electron chi connectivity index (χ0n) is 8.89. The van der Waals surface area contributed by atoms with Gasteiger partial charge in [0.15, 0.2) is 5.13 Å². The summed E-state index contributed by atoms with van der Waals surface area (Å²) in [6.45, 7) is 1.88. The van der Waals surface area contributed by atoms with Gasteiger partial charge in [-0.1, -0.05) is 0 Å². The fourth-order valence-corrected chi connectivity index (χ4v) is 1.84. The Morgan fingerprint density at radius 2 is 2.31 bits per heavy atom. The molecule has 2 aromatic heterocycles. The molecule has 0 atom stereocenters. The number of nitrogens with one attached hydrogen (secondary N) is 2. The van der Waals surface area contributed by atoms with Crippen LogP contribution >= 0.6 is 11.3 Å². The van der Waals surface area contributed by atoms with Crippen molar-refractivity contribution in [2.45, 2.75) is 6.92 Å². The molecule has 0 radical (unpaired) electrons. The first-order valence-electron chi connectivity index (χ1n) is 4.62. The van der Waals surface area contributed by atoms with Crippen LogP contribution in [-0.2, 0) is 7.05 Å². The van der Waals surface area contributed by atoms with Gasteiger partial charge in [-0.3, -0.25) is 10.00 Å². The maximum absolute atomic E-state index is 11.5. The van der Waals surface area contributed by atoms with Crippen LogP contribution in [0.4, 0.5) is 15.6 Å². The number of hydrogen-bond acceptors (Lipinski definition) is 4. The van der Waals surface area contributed by atoms with E-state index in [0.717, 1.165) is 5.69 Å². The minimum absolute atomic E-state index is 0.317. The van der Waals surface area contributed by atoms with Crippen LogP contribution in [0.3, 0.4) is 0 Å². The Kier molecular flexibility index (Phi) is 2.86. The smallest absolute Gasteiger partial charge is 0.305 e. The van der Waals surface area contributed by atoms with Crippen LogP contribution in [0, 0.1) is 6.92 Å². The van der Waals surface area contributed by atoms with Gasteiger partial charge in [-0.2, -0.15) is 5.10 Å². The standard InChI is InChI=1S/C9H11N5OS/c1-6-5-16-9(11-6)13-8(15)12-7-3-10-14(2)4-7/h3-5H,1-2H3,(H2,11,12,13,15). The number of carbonyl (C=O) groups excluding carboxylic acids is 1. The topological polar surface area (TPSA) is 71.8 Å². The lowest BCUT2D eigenvalue weighted by atomic mass is 10.6. The van der Waals surface area contributed by atoms with Crippen molar-refractivity contribution in [3.05, 3.63) is 23.5 Å². The van der Waals surface area contributed by atoms with Crippen LogP contribution < -0.4 is 10.6 Å². The summed E-state index contributed by atoms with van der Waals surface area (Å²) >= 11 is 1.39. The molecule has 0 unspecified atom stereocenters. The van der Waals surface area contributed by atoms with Crippen molar-refractivity contribution < 1.29 is 4.79 Å². The number of aromatic nitrogens is 3. The molecule has 0 fully saturated rings. The van der Waals surface area contributed by atoms with Gasteiger partial charge in [0.2, 0.25) is 0 Å². The van der Waals surface area contributed by atoms with Gasteiger partial charge in [-0.15, -0.1) is 11.3 Å². The van der Waals surface area contributed by atoms with Gasteiger partial charge in [-0.05, 0) is 6.92 Å². The lowest BCUT2D eigenvalue weighted by Gasteiger charge is -2.01. The lowest BCUT2D eigenvalue weighted by molar-refractivity contribution is 0.262. The molecule has 0 aliphatic rings. The van der Waals surface area contributed by atoms with Crippen LogP contribution in [0.1, 0.15) is 5.69 Å². The molecule has 0 aliphatic carbocycles. The summed E-state index contributed by atoms with van der Waals surface area (Å²) in [4.78, 5) is 15.6. The number of anilines is 2. The first kappa shape index (κ1) is 10.6. The van der Waals surface area contributed by atoms with E-state index in [9.17, 15) is 4.79 Å². The Bertz CT molecular complexity index is 459. The van der Waals surface area contributed by atoms with Gasteiger partial charge in [0.05, 0.1) is 17.6 Å². The normalized spacial score (nSPS) is 10.1. The van der Waals surface area contributed by atoms with E-state index in [1.807, 2.05) is 12.3 Å². The summed E-state index contributed by atoms with van der Waals surface area (Å²) in [5, 5.41) is 11.7. The van der Waals surface area contributed by atoms with E-state index in [2.05, 4.69) is 20.7 Å². The van der Waals surface area contributed by atoms with E-state index in [0.29, 0.717) is 10.8 Å². The molecule has 0 spiro atoms. The monoisotopic (exact) mass is 237 g/mol. The molecule has 0 saturated carbocycles. The average molecular weight is 237 g/mol. The van der Waals surface area contributed by atoms with Crippen molar-refractivity contribution in [1.82, 2.24) is 14.8 Å². The maximum atomic E-state index is 11.5. The van der Waals surface area contributed by atoms with Crippen molar-refractivity contribution in [3.63, 3.8) is 0 Å². The Balaban J connectivity index is 1.94. The van der Waals surface area contributed by atoms with Crippen molar-refractivity contribution >= 4 is 28.2 Å². The van der Waals surface area contributed by atoms with E-state index in [1.54, 1.807) is 24.1 Å². The summed E-state index contributed by atoms with van der Waals surface area (Å²) in [6, 6.07) is -0.317. The number of aryl methyl sites for hydroxylation is 2. The second-order valence-corrected chi connectivity index (χ2v) is 4.13. The fraction of sp³-hybridized carbons (Fsp3) is 0.222. The zero-order chi connectivity index (χ0) is 11.5. The van der Waals surface area contributed by atoms with Crippen molar-refractivity contribution in [2.24, 2.45) is 7.05 Å². The van der Waals surface area contributed by atoms with E-state index >= 15 is 0 Å². The third-order valence-corrected chi connectivity index (χ3v) is 2.68. The number of thiazole rings is 1. The lowest BCUT2D eigenvalue weighted by Crippen LogP contribution is -2.18. The summed E-state index contributed by atoms with van der Waals surface area (Å²) in [5.74, 6) is 0. The third-order valence-electron chi connectivity index (χ3n) is 1.80. The van der Waals surface area contributed by atoms with Gasteiger partial charge in [0.25, 0.3) is 0 Å². The molecule has 2 N–H and O–H groups in total. The minimum Gasteiger partial charge on any atom is -0.305 e. The Morgan fingerprint density at radius 3 is 2.88 bits per heavy atom. The average Bonchev–Trinajstić information content (AvgIpc) is 2.76. The Hall–Kier alpha value is -1.89. The van der Waals surface area contributed by atoms with Crippen LogP contribution in [0.5, 0.6) is 0 Å². The molecular weight excluding hydrogens is 226 g/mol. The second-order valence-electron chi connectivity index (χ2n) is 3.28. The number of amides is 2. The van der Waals surface area contributed by atoms with Gasteiger partial charge < -0.3 is 5.32 Å². The SMILES string of the molecule is Cc1csc(NC(=O)Nc2cnn(C)c2)n1. The van der Waals surface area contributed by atoms with Gasteiger partial charge in [0, 0.05) is 18.6 Å². The van der Waals surface area contributed by atoms with Crippen LogP contribution in [0.25, 0.3) is 0 Å². The molecule has 0 saturated heterocycles. The number of hydrogen-bond donors (Lipinski definition) is 2. The molecule has 84 valence electrons. The molecular formula is C9H11N5OS. The molecule has 16 heavy (non-hydrogen) atoms. The highest BCUT2D eigenvalue weighted by Crippen LogP contribution is 2.14. The summed E-state index contributed by atoms with van der Waals surface area (Å²) in [6.07, 6.45) is 3.29. The van der Waals surface area contributed by atoms with Crippen LogP contribution in [0.15, 0.2) is 17.8 Å². The third kappa shape index (κ3) is 2.57. The van der Waals surface area contributed by atoms with Crippen molar-refractivity contribution in [3.8, 4) is 0 Å². The van der Waals surface area contributed by atoms with Gasteiger partial charge in [-0.25, -0.2) is 9.78 Å². The molecule has 6 nitrogen and oxygen atoms in total. The molecule has 2 aromatic rings. The number of nitrogens with zero attached hydrogens (tertiary/aromatic N) is 3. The zero-order valence-corrected chi connectivity index (χ0v) is 9.71. The molecule has 2 amide bonds. The van der Waals surface area contributed by atoms with E-state index in [4.69, 9.17) is 0 Å². The van der Waals surface area contributed by atoms with E-state index < -0.39 is 0 Å². The number of carbonyl (C=O) groups is 1. The highest BCUT2D eigenvalue weighted by atomic mass is 32.1. The molecule has 0 aromatic carbocycles. The minimum atomic E-state index is -0.317. The Labute approximate surface area is 96.3 Å². The van der Waals surface area contributed by atoms with Gasteiger partial charge >= 0.3 is 6.03 Å². The van der Waals surface area contributed by atoms with E-state index in [1.165, 1.54) is 11.3 Å². The largest absolute Gasteiger partial charge is 0.325 e. The second kappa shape index (κ2) is 4.31. The number of rotatable bonds is 2. The predicted molar refractivity (Wildman–Crippen MR) is 62.7 cm³/mol. The van der Waals surface area contributed by atoms with E-state index in [-0.39, 0.29) is 6.03 Å². The number of urea groups is 1. The highest BCUT2D eigenvalue weighted by Gasteiger charge is 2.05. The van der Waals surface area contributed by atoms with Crippen LogP contribution in [0.2, 0.25) is 0 Å². The van der Waals surface area contributed by atoms with Crippen molar-refractivity contribution in [1.29, 1.82) is 0 Å². The first-order valence-corrected chi connectivity index (χ1v) is 5.50. The van der Waals surface area contributed by atoms with Crippen molar-refractivity contribution in [2.75, 3.05) is 10.6 Å². The van der Waals surface area contributed by atoms with Gasteiger partial charge in [0.1, 0.15) is 0 Å². The summed E-state index contributed by atoms with van der Waals surface area (Å²) in [7, 11) is 1.78. The predicted octanol–water partition coefficient (Wildman–Crippen LogP) is 1.83. The first-order chi connectivity index (χ1) is 7.63. The molecule has 2 rings (SSSR count). The summed E-state index contributed by atoms with van der Waals surface area (Å²) < 4.78 is 1.61. The van der Waals surface area contributed by atoms with Crippen LogP contribution in [-0.4, -0.2) is 20.8 Å². The molecule has 2 heterocycles.